The second-order valence-electron chi connectivity index (χ2n) is 9.88. The molecule has 26 heavy (non-hydrogen) atoms. The highest BCUT2D eigenvalue weighted by Crippen LogP contribution is 2.64. The molecule has 0 unspecified atom stereocenters. The maximum Gasteiger partial charge on any atom is 0.266 e. The molecule has 0 saturated heterocycles. The van der Waals surface area contributed by atoms with E-state index >= 15 is 0 Å². The fourth-order valence-corrected chi connectivity index (χ4v) is 7.75. The minimum atomic E-state index is -2.64. The third-order valence-electron chi connectivity index (χ3n) is 9.00. The Morgan fingerprint density at radius 2 is 1.77 bits per heavy atom. The zero-order chi connectivity index (χ0) is 18.7. The van der Waals surface area contributed by atoms with E-state index in [2.05, 4.69) is 6.92 Å². The van der Waals surface area contributed by atoms with Crippen LogP contribution in [-0.2, 0) is 4.79 Å². The van der Waals surface area contributed by atoms with E-state index in [1.54, 1.807) is 0 Å². The minimum absolute atomic E-state index is 0.00167. The molecule has 148 valence electrons. The highest BCUT2D eigenvalue weighted by Gasteiger charge is 2.59. The molecule has 0 spiro atoms. The van der Waals surface area contributed by atoms with Gasteiger partial charge < -0.3 is 10.2 Å². The molecule has 0 bridgehead atoms. The molecule has 0 amide bonds. The first-order chi connectivity index (χ1) is 12.3. The molecule has 3 nitrogen and oxygen atoms in total. The standard InChI is InChI=1S/C21H32F2O3/c1-20-8-6-14-13-7-9-21(26,19(22)23)10-12(13)2-3-15(14)16(20)4-5-17(20)18(25)11-24/h12-17,19,24,26H,2-11H2,1H3/t12-,13+,14-,15-,16+,17-,20+,21+/m1/s1. The van der Waals surface area contributed by atoms with Gasteiger partial charge in [-0.2, -0.15) is 0 Å². The Labute approximate surface area is 154 Å². The molecule has 0 aliphatic heterocycles. The van der Waals surface area contributed by atoms with E-state index in [1.165, 1.54) is 0 Å². The number of aliphatic hydroxyl groups is 2. The van der Waals surface area contributed by atoms with Gasteiger partial charge in [0.15, 0.2) is 5.78 Å². The van der Waals surface area contributed by atoms with Crippen LogP contribution in [-0.4, -0.2) is 34.6 Å². The Morgan fingerprint density at radius 3 is 2.46 bits per heavy atom. The van der Waals surface area contributed by atoms with Crippen molar-refractivity contribution in [3.8, 4) is 0 Å². The summed E-state index contributed by atoms with van der Waals surface area (Å²) in [5.41, 5.74) is -1.77. The largest absolute Gasteiger partial charge is 0.389 e. The average molecular weight is 370 g/mol. The summed E-state index contributed by atoms with van der Waals surface area (Å²) in [5, 5.41) is 19.6. The van der Waals surface area contributed by atoms with Gasteiger partial charge in [-0.05, 0) is 92.8 Å². The van der Waals surface area contributed by atoms with Crippen LogP contribution in [0.2, 0.25) is 0 Å². The summed E-state index contributed by atoms with van der Waals surface area (Å²) in [5.74, 6) is 2.36. The molecule has 8 atom stereocenters. The molecule has 4 fully saturated rings. The molecule has 4 saturated carbocycles. The number of hydrogen-bond donors (Lipinski definition) is 2. The summed E-state index contributed by atoms with van der Waals surface area (Å²) in [6.45, 7) is 1.90. The second kappa shape index (κ2) is 6.51. The van der Waals surface area contributed by atoms with Gasteiger partial charge in [0.1, 0.15) is 12.2 Å². The van der Waals surface area contributed by atoms with Crippen molar-refractivity contribution in [3.05, 3.63) is 0 Å². The molecule has 4 rings (SSSR count). The van der Waals surface area contributed by atoms with E-state index in [0.717, 1.165) is 44.9 Å². The number of aliphatic hydroxyl groups excluding tert-OH is 1. The predicted octanol–water partition coefficient (Wildman–Crippen LogP) is 3.81. The number of carbonyl (C=O) groups excluding carboxylic acids is 1. The van der Waals surface area contributed by atoms with E-state index in [9.17, 15) is 23.8 Å². The van der Waals surface area contributed by atoms with Crippen LogP contribution in [0.3, 0.4) is 0 Å². The summed E-state index contributed by atoms with van der Waals surface area (Å²) >= 11 is 0. The Hall–Kier alpha value is -0.550. The third-order valence-corrected chi connectivity index (χ3v) is 9.00. The highest BCUT2D eigenvalue weighted by molar-refractivity contribution is 5.83. The van der Waals surface area contributed by atoms with Crippen molar-refractivity contribution in [2.45, 2.75) is 76.7 Å². The maximum atomic E-state index is 13.3. The minimum Gasteiger partial charge on any atom is -0.389 e. The van der Waals surface area contributed by atoms with Crippen molar-refractivity contribution in [1.29, 1.82) is 0 Å². The molecule has 0 radical (unpaired) electrons. The van der Waals surface area contributed by atoms with E-state index in [1.807, 2.05) is 0 Å². The Kier molecular flexibility index (Phi) is 4.71. The summed E-state index contributed by atoms with van der Waals surface area (Å²) in [4.78, 5) is 12.2. The van der Waals surface area contributed by atoms with Crippen molar-refractivity contribution in [2.24, 2.45) is 40.9 Å². The fourth-order valence-electron chi connectivity index (χ4n) is 7.75. The van der Waals surface area contributed by atoms with Crippen LogP contribution >= 0.6 is 0 Å². The first-order valence-electron chi connectivity index (χ1n) is 10.4. The summed E-state index contributed by atoms with van der Waals surface area (Å²) in [7, 11) is 0. The first-order valence-corrected chi connectivity index (χ1v) is 10.4. The topological polar surface area (TPSA) is 57.5 Å². The van der Waals surface area contributed by atoms with Crippen LogP contribution in [0.5, 0.6) is 0 Å². The van der Waals surface area contributed by atoms with E-state index in [4.69, 9.17) is 0 Å². The van der Waals surface area contributed by atoms with Gasteiger partial charge in [0.05, 0.1) is 0 Å². The van der Waals surface area contributed by atoms with Crippen LogP contribution < -0.4 is 0 Å². The van der Waals surface area contributed by atoms with E-state index in [0.29, 0.717) is 23.7 Å². The van der Waals surface area contributed by atoms with E-state index < -0.39 is 12.0 Å². The van der Waals surface area contributed by atoms with E-state index in [-0.39, 0.29) is 42.5 Å². The van der Waals surface area contributed by atoms with Crippen LogP contribution in [0.25, 0.3) is 0 Å². The first kappa shape index (κ1) is 18.8. The molecular weight excluding hydrogens is 338 g/mol. The molecule has 0 aromatic carbocycles. The quantitative estimate of drug-likeness (QED) is 0.794. The monoisotopic (exact) mass is 370 g/mol. The second-order valence-corrected chi connectivity index (χ2v) is 9.88. The fraction of sp³-hybridized carbons (Fsp3) is 0.952. The zero-order valence-electron chi connectivity index (χ0n) is 15.7. The Bertz CT molecular complexity index is 567. The number of halogens is 2. The van der Waals surface area contributed by atoms with Crippen molar-refractivity contribution in [1.82, 2.24) is 0 Å². The van der Waals surface area contributed by atoms with Gasteiger partial charge in [-0.25, -0.2) is 8.78 Å². The zero-order valence-corrected chi connectivity index (χ0v) is 15.7. The van der Waals surface area contributed by atoms with Gasteiger partial charge in [0.2, 0.25) is 0 Å². The number of Topliss-reactive ketones (excluding diaryl/α,β-unsaturated/α-hetero) is 1. The number of carbonyl (C=O) groups is 1. The molecule has 2 N–H and O–H groups in total. The summed E-state index contributed by atoms with van der Waals surface area (Å²) in [6.07, 6.45) is 4.58. The number of ketones is 1. The van der Waals surface area contributed by atoms with Gasteiger partial charge >= 0.3 is 0 Å². The smallest absolute Gasteiger partial charge is 0.266 e. The molecule has 4 aliphatic rings. The van der Waals surface area contributed by atoms with Crippen LogP contribution in [0.15, 0.2) is 0 Å². The normalized spacial score (nSPS) is 50.8. The van der Waals surface area contributed by atoms with Crippen molar-refractivity contribution in [3.63, 3.8) is 0 Å². The van der Waals surface area contributed by atoms with Gasteiger partial charge in [-0.1, -0.05) is 6.92 Å². The maximum absolute atomic E-state index is 13.3. The molecule has 0 heterocycles. The van der Waals surface area contributed by atoms with Crippen molar-refractivity contribution >= 4 is 5.78 Å². The van der Waals surface area contributed by atoms with Crippen LogP contribution in [0, 0.1) is 40.9 Å². The molecule has 0 aromatic rings. The number of hydrogen-bond acceptors (Lipinski definition) is 3. The van der Waals surface area contributed by atoms with Crippen molar-refractivity contribution in [2.75, 3.05) is 6.61 Å². The summed E-state index contributed by atoms with van der Waals surface area (Å²) < 4.78 is 26.5. The van der Waals surface area contributed by atoms with Gasteiger partial charge in [0.25, 0.3) is 6.43 Å². The van der Waals surface area contributed by atoms with Crippen LogP contribution in [0.1, 0.15) is 64.7 Å². The Balaban J connectivity index is 1.52. The third kappa shape index (κ3) is 2.68. The van der Waals surface area contributed by atoms with Crippen molar-refractivity contribution < 1.29 is 23.8 Å². The molecule has 0 aromatic heterocycles. The van der Waals surface area contributed by atoms with Crippen LogP contribution in [0.4, 0.5) is 8.78 Å². The average Bonchev–Trinajstić information content (AvgIpc) is 2.97. The number of rotatable bonds is 3. The molecule has 4 aliphatic carbocycles. The Morgan fingerprint density at radius 1 is 1.04 bits per heavy atom. The SMILES string of the molecule is C[C@]12CC[C@H]3[C@@H](CC[C@@H]4C[C@](O)(C(F)F)CC[C@@H]43)[C@@H]1CC[C@@H]2C(=O)CO. The van der Waals surface area contributed by atoms with Gasteiger partial charge in [-0.15, -0.1) is 0 Å². The lowest BCUT2D eigenvalue weighted by Gasteiger charge is -2.57. The van der Waals surface area contributed by atoms with Gasteiger partial charge in [-0.3, -0.25) is 4.79 Å². The number of fused-ring (bicyclic) bond motifs is 5. The predicted molar refractivity (Wildman–Crippen MR) is 93.6 cm³/mol. The lowest BCUT2D eigenvalue weighted by molar-refractivity contribution is -0.160. The lowest BCUT2D eigenvalue weighted by atomic mass is 9.49. The highest BCUT2D eigenvalue weighted by atomic mass is 19.3. The lowest BCUT2D eigenvalue weighted by Crippen LogP contribution is -2.53. The van der Waals surface area contributed by atoms with Gasteiger partial charge in [0, 0.05) is 5.92 Å². The molecule has 5 heteroatoms. The number of alkyl halides is 2. The molecular formula is C21H32F2O3. The summed E-state index contributed by atoms with van der Waals surface area (Å²) in [6, 6.07) is 0.